The number of aromatic amines is 5. The number of hydrogen-bond acceptors (Lipinski definition) is 11. The highest BCUT2D eigenvalue weighted by Crippen LogP contribution is 2.37. The normalized spacial score (nSPS) is 11.0. The summed E-state index contributed by atoms with van der Waals surface area (Å²) in [6.45, 7) is 1.79. The predicted octanol–water partition coefficient (Wildman–Crippen LogP) is 17.0. The number of hydrogen-bond donors (Lipinski definition) is 8. The highest BCUT2D eigenvalue weighted by molar-refractivity contribution is 7.90. The van der Waals surface area contributed by atoms with Crippen molar-refractivity contribution in [3.8, 4) is 55.6 Å². The van der Waals surface area contributed by atoms with Crippen LogP contribution in [0.4, 0.5) is 0 Å². The summed E-state index contributed by atoms with van der Waals surface area (Å²) in [5.41, 5.74) is 21.9. The molecule has 20 nitrogen and oxygen atoms in total. The highest BCUT2D eigenvalue weighted by Gasteiger charge is 2.17. The number of nitrogens with one attached hydrogen (secondary N) is 6. The lowest BCUT2D eigenvalue weighted by Crippen LogP contribution is -2.21. The van der Waals surface area contributed by atoms with Crippen molar-refractivity contribution in [2.45, 2.75) is 11.8 Å². The Balaban J connectivity index is 0.000000126. The van der Waals surface area contributed by atoms with E-state index in [2.05, 4.69) is 56.3 Å². The minimum atomic E-state index is -3.22. The molecule has 0 aliphatic heterocycles. The summed E-state index contributed by atoms with van der Waals surface area (Å²) in [5.74, 6) is -1.49. The fraction of sp³-hybridized carbons (Fsp3) is 0.0676. The van der Waals surface area contributed by atoms with E-state index in [1.54, 1.807) is 131 Å². The van der Waals surface area contributed by atoms with Crippen molar-refractivity contribution in [3.05, 3.63) is 260 Å². The number of H-pyrrole nitrogens is 5. The van der Waals surface area contributed by atoms with Crippen LogP contribution in [0, 0.1) is 6.92 Å². The highest BCUT2D eigenvalue weighted by atomic mass is 35.5. The molecule has 0 saturated heterocycles. The van der Waals surface area contributed by atoms with Crippen LogP contribution in [0.2, 0.25) is 25.1 Å². The zero-order valence-corrected chi connectivity index (χ0v) is 58.2. The average molecular weight is 1450 g/mol. The fourth-order valence-corrected chi connectivity index (χ4v) is 13.2. The molecule has 5 aromatic heterocycles. The van der Waals surface area contributed by atoms with Gasteiger partial charge in [0.05, 0.1) is 69.0 Å². The van der Waals surface area contributed by atoms with Crippen molar-refractivity contribution in [2.24, 2.45) is 5.73 Å². The molecule has 100 heavy (non-hydrogen) atoms. The molecule has 3 amide bonds. The number of aromatic carboxylic acids is 1. The molecule has 502 valence electrons. The summed E-state index contributed by atoms with van der Waals surface area (Å²) in [7, 11) is 1.87. The zero-order chi connectivity index (χ0) is 71.1. The number of aromatic nitrogens is 10. The maximum atomic E-state index is 11.9. The maximum Gasteiger partial charge on any atom is 0.335 e. The smallest absolute Gasteiger partial charge is 0.335 e. The van der Waals surface area contributed by atoms with Gasteiger partial charge >= 0.3 is 5.97 Å². The van der Waals surface area contributed by atoms with Gasteiger partial charge < -0.3 is 21.1 Å². The van der Waals surface area contributed by atoms with Crippen molar-refractivity contribution in [1.82, 2.24) is 61.2 Å². The van der Waals surface area contributed by atoms with Crippen LogP contribution in [0.15, 0.2) is 212 Å². The molecular weight excluding hydrogens is 1390 g/mol. The number of carbonyl (C=O) groups is 4. The first-order chi connectivity index (χ1) is 47.9. The summed E-state index contributed by atoms with van der Waals surface area (Å²) in [5, 5.41) is 54.1. The number of benzene rings is 10. The number of rotatable bonds is 10. The quantitative estimate of drug-likeness (QED) is 0.0634. The second-order valence-corrected chi connectivity index (χ2v) is 27.1. The second kappa shape index (κ2) is 30.3. The minimum absolute atomic E-state index is 0.0129. The van der Waals surface area contributed by atoms with Crippen LogP contribution < -0.4 is 11.1 Å². The van der Waals surface area contributed by atoms with Crippen LogP contribution in [-0.4, -0.2) is 121 Å². The van der Waals surface area contributed by atoms with Gasteiger partial charge in [-0.05, 0) is 183 Å². The van der Waals surface area contributed by atoms with Gasteiger partial charge in [-0.1, -0.05) is 119 Å². The number of nitrogens with two attached hydrogens (primary N) is 1. The SMILES string of the molecule is CN(C)C(=O)c1ccc(-c2cc(Cl)cc3[nH]ncc23)cc1.CNC(=O)c1ccc(-c2cc(Cl)cc3[nH]ncc23)cc1.Cc1cc(-c2cc(Cl)cc3[nH]ncc23)ccc1S(C)(=O)=O.NC(=O)c1ccc(-c2cc(Cl)cc3[nH]ncc23)cc1.O=C(O)c1ccc(-c2cc(Cl)cc3[nH]ncc23)cc1. The van der Waals surface area contributed by atoms with Crippen LogP contribution in [0.25, 0.3) is 110 Å². The molecule has 0 radical (unpaired) electrons. The van der Waals surface area contributed by atoms with Gasteiger partial charge in [-0.3, -0.25) is 39.9 Å². The summed E-state index contributed by atoms with van der Waals surface area (Å²) in [6, 6.07) is 52.4. The van der Waals surface area contributed by atoms with Gasteiger partial charge in [0.2, 0.25) is 5.91 Å². The first kappa shape index (κ1) is 70.2. The Bertz CT molecular complexity index is 5550. The molecule has 0 unspecified atom stereocenters. The number of aryl methyl sites for hydroxylation is 1. The molecule has 0 bridgehead atoms. The lowest BCUT2D eigenvalue weighted by molar-refractivity contribution is 0.0695. The molecule has 0 spiro atoms. The molecular formula is C74H58Cl5N13O7S. The Kier molecular flexibility index (Phi) is 21.3. The third-order valence-electron chi connectivity index (χ3n) is 16.0. The number of amides is 3. The summed E-state index contributed by atoms with van der Waals surface area (Å²) in [4.78, 5) is 47.2. The van der Waals surface area contributed by atoms with E-state index in [1.807, 2.05) is 109 Å². The van der Waals surface area contributed by atoms with Crippen LogP contribution in [0.3, 0.4) is 0 Å². The van der Waals surface area contributed by atoms with E-state index in [-0.39, 0.29) is 17.4 Å². The molecule has 0 fully saturated rings. The van der Waals surface area contributed by atoms with Crippen molar-refractivity contribution >= 4 is 146 Å². The van der Waals surface area contributed by atoms with Crippen molar-refractivity contribution in [2.75, 3.05) is 27.4 Å². The van der Waals surface area contributed by atoms with Crippen LogP contribution >= 0.6 is 58.0 Å². The average Bonchev–Trinajstić information content (AvgIpc) is 1.54. The number of sulfone groups is 1. The fourth-order valence-electron chi connectivity index (χ4n) is 11.1. The monoisotopic (exact) mass is 1450 g/mol. The number of carbonyl (C=O) groups excluding carboxylic acids is 3. The van der Waals surface area contributed by atoms with E-state index in [9.17, 15) is 27.6 Å². The number of primary amides is 1. The molecule has 0 aliphatic rings. The molecule has 0 aliphatic carbocycles. The maximum absolute atomic E-state index is 11.9. The molecule has 15 aromatic rings. The van der Waals surface area contributed by atoms with Crippen LogP contribution in [0.5, 0.6) is 0 Å². The lowest BCUT2D eigenvalue weighted by atomic mass is 10.0. The van der Waals surface area contributed by atoms with Crippen molar-refractivity contribution in [1.29, 1.82) is 0 Å². The third kappa shape index (κ3) is 16.0. The number of fused-ring (bicyclic) bond motifs is 5. The molecule has 0 saturated carbocycles. The summed E-state index contributed by atoms with van der Waals surface area (Å²) >= 11 is 30.6. The molecule has 9 N–H and O–H groups in total. The van der Waals surface area contributed by atoms with E-state index < -0.39 is 21.7 Å². The number of nitrogens with zero attached hydrogens (tertiary/aromatic N) is 6. The third-order valence-corrected chi connectivity index (χ3v) is 18.3. The standard InChI is InChI=1S/C16H14ClN3O.C15H12ClN3O.C15H13ClN2O2S.C14H10ClN3O.C14H9ClN2O2/c1-20(2)16(21)11-5-3-10(4-6-11)13-7-12(17)8-15-14(13)9-18-19-15;1-17-15(20)10-4-2-9(3-5-10)12-6-11(16)7-14-13(12)8-18-19-14;1-9-5-10(3-4-15(9)21(2,19)20)12-6-11(16)7-14-13(12)8-17-18-14;15-10-5-11(12-7-17-18-13(12)6-10)8-1-3-9(4-2-8)14(16)19;15-10-5-11(12-7-16-17-13(12)6-10)8-1-3-9(4-2-8)14(18)19/h3-9H,1-2H3,(H,18,19);2-8H,1H3,(H,17,20)(H,18,19);3-8H,1-2H3,(H,17,18);1-7H,(H2,16,19)(H,17,18);1-7H,(H,16,17)(H,18,19). The van der Waals surface area contributed by atoms with Gasteiger partial charge in [0.1, 0.15) is 0 Å². The summed E-state index contributed by atoms with van der Waals surface area (Å²) in [6.07, 6.45) is 9.98. The Labute approximate surface area is 596 Å². The van der Waals surface area contributed by atoms with Gasteiger partial charge in [-0.25, -0.2) is 13.2 Å². The number of halogens is 5. The van der Waals surface area contributed by atoms with Crippen molar-refractivity contribution < 1.29 is 32.7 Å². The van der Waals surface area contributed by atoms with Crippen molar-refractivity contribution in [3.63, 3.8) is 0 Å². The van der Waals surface area contributed by atoms with Crippen LogP contribution in [0.1, 0.15) is 47.0 Å². The first-order valence-electron chi connectivity index (χ1n) is 30.2. The predicted molar refractivity (Wildman–Crippen MR) is 397 cm³/mol. The van der Waals surface area contributed by atoms with E-state index in [4.69, 9.17) is 68.8 Å². The Morgan fingerprint density at radius 1 is 0.420 bits per heavy atom. The Morgan fingerprint density at radius 3 is 0.970 bits per heavy atom. The zero-order valence-electron chi connectivity index (χ0n) is 53.6. The first-order valence-corrected chi connectivity index (χ1v) is 34.0. The topological polar surface area (TPSA) is 307 Å². The Morgan fingerprint density at radius 2 is 0.700 bits per heavy atom. The molecule has 26 heteroatoms. The van der Waals surface area contributed by atoms with Gasteiger partial charge in [0, 0.05) is 96.1 Å². The largest absolute Gasteiger partial charge is 0.478 e. The van der Waals surface area contributed by atoms with E-state index in [1.165, 1.54) is 6.26 Å². The number of carboxylic acid groups (broad SMARTS) is 1. The van der Waals surface area contributed by atoms with Gasteiger partial charge in [-0.15, -0.1) is 0 Å². The second-order valence-electron chi connectivity index (χ2n) is 22.9. The number of carboxylic acids is 1. The molecule has 15 rings (SSSR count). The molecule has 10 aromatic carbocycles. The van der Waals surface area contributed by atoms with Gasteiger partial charge in [0.25, 0.3) is 11.8 Å². The lowest BCUT2D eigenvalue weighted by Gasteiger charge is -2.11. The minimum Gasteiger partial charge on any atom is -0.478 e. The van der Waals surface area contributed by atoms with Crippen LogP contribution in [-0.2, 0) is 9.84 Å². The molecule has 5 heterocycles. The van der Waals surface area contributed by atoms with E-state index >= 15 is 0 Å². The van der Waals surface area contributed by atoms with E-state index in [0.29, 0.717) is 52.3 Å². The van der Waals surface area contributed by atoms with E-state index in [0.717, 1.165) is 110 Å². The van der Waals surface area contributed by atoms with Gasteiger partial charge in [0.15, 0.2) is 9.84 Å². The van der Waals surface area contributed by atoms with Gasteiger partial charge in [-0.2, -0.15) is 25.5 Å². The Hall–Kier alpha value is -11.2. The summed E-state index contributed by atoms with van der Waals surface area (Å²) < 4.78 is 23.4. The molecule has 0 atom stereocenters.